The van der Waals surface area contributed by atoms with E-state index in [1.165, 1.54) is 31.2 Å². The molecular formula is C25H34N2O3. The van der Waals surface area contributed by atoms with Crippen molar-refractivity contribution in [1.29, 1.82) is 0 Å². The summed E-state index contributed by atoms with van der Waals surface area (Å²) in [6.07, 6.45) is 11.9. The van der Waals surface area contributed by atoms with Gasteiger partial charge in [-0.05, 0) is 87.6 Å². The van der Waals surface area contributed by atoms with Crippen LogP contribution in [0, 0.1) is 11.3 Å². The van der Waals surface area contributed by atoms with Crippen LogP contribution in [0.5, 0.6) is 11.5 Å². The lowest BCUT2D eigenvalue weighted by atomic mass is 9.90. The van der Waals surface area contributed by atoms with Gasteiger partial charge in [0, 0.05) is 19.0 Å². The lowest BCUT2D eigenvalue weighted by Gasteiger charge is -2.33. The second kappa shape index (κ2) is 8.62. The Kier molecular flexibility index (Phi) is 5.72. The van der Waals surface area contributed by atoms with Crippen LogP contribution in [-0.2, 0) is 11.3 Å². The Hall–Kier alpha value is -2.01. The van der Waals surface area contributed by atoms with E-state index in [0.29, 0.717) is 19.1 Å². The Bertz CT molecular complexity index is 811. The fourth-order valence-electron chi connectivity index (χ4n) is 5.47. The molecule has 1 aromatic carbocycles. The number of benzene rings is 1. The Morgan fingerprint density at radius 1 is 1.13 bits per heavy atom. The van der Waals surface area contributed by atoms with Crippen molar-refractivity contribution in [3.8, 4) is 11.5 Å². The molecule has 5 heteroatoms. The second-order valence-corrected chi connectivity index (χ2v) is 9.52. The van der Waals surface area contributed by atoms with E-state index >= 15 is 0 Å². The zero-order valence-electron chi connectivity index (χ0n) is 18.0. The van der Waals surface area contributed by atoms with Gasteiger partial charge in [-0.15, -0.1) is 0 Å². The number of hydrogen-bond acceptors (Lipinski definition) is 4. The molecule has 1 saturated heterocycles. The number of rotatable bonds is 6. The number of allylic oxidation sites excluding steroid dienone is 1. The molecule has 4 aliphatic rings. The van der Waals surface area contributed by atoms with Crippen LogP contribution in [0.25, 0.3) is 0 Å². The minimum Gasteiger partial charge on any atom is -0.486 e. The Morgan fingerprint density at radius 2 is 1.97 bits per heavy atom. The van der Waals surface area contributed by atoms with Crippen molar-refractivity contribution >= 4 is 5.91 Å². The number of ether oxygens (including phenoxy) is 2. The van der Waals surface area contributed by atoms with Gasteiger partial charge >= 0.3 is 0 Å². The highest BCUT2D eigenvalue weighted by Gasteiger charge is 2.58. The second-order valence-electron chi connectivity index (χ2n) is 9.52. The topological polar surface area (TPSA) is 50.8 Å². The molecule has 2 fully saturated rings. The summed E-state index contributed by atoms with van der Waals surface area (Å²) in [7, 11) is 0. The van der Waals surface area contributed by atoms with Gasteiger partial charge in [0.05, 0.1) is 0 Å². The summed E-state index contributed by atoms with van der Waals surface area (Å²) in [5.74, 6) is 2.27. The van der Waals surface area contributed by atoms with E-state index in [9.17, 15) is 4.79 Å². The standard InChI is InChI=1S/C25H34N2O3/c28-24(26-11-8-19-4-2-1-3-5-19)21-17-25(21)9-12-27(13-10-25)18-20-6-7-22-23(16-20)30-15-14-29-22/h4,6-7,16,21H,1-3,5,8-15,17-18H2,(H,26,28). The summed E-state index contributed by atoms with van der Waals surface area (Å²) in [5.41, 5.74) is 3.09. The molecule has 0 bridgehead atoms. The zero-order chi connectivity index (χ0) is 20.4. The van der Waals surface area contributed by atoms with E-state index in [1.54, 1.807) is 5.57 Å². The lowest BCUT2D eigenvalue weighted by Crippen LogP contribution is -2.37. The SMILES string of the molecule is O=C(NCCC1=CCCCC1)C1CC12CCN(Cc1ccc3c(c1)OCCO3)CC2. The third kappa shape index (κ3) is 4.36. The summed E-state index contributed by atoms with van der Waals surface area (Å²) in [6, 6.07) is 6.29. The normalized spacial score (nSPS) is 24.9. The molecule has 0 aromatic heterocycles. The van der Waals surface area contributed by atoms with Crippen molar-refractivity contribution < 1.29 is 14.3 Å². The summed E-state index contributed by atoms with van der Waals surface area (Å²) >= 11 is 0. The molecule has 2 aliphatic heterocycles. The summed E-state index contributed by atoms with van der Waals surface area (Å²) in [5, 5.41) is 3.22. The summed E-state index contributed by atoms with van der Waals surface area (Å²) in [4.78, 5) is 15.2. The zero-order valence-corrected chi connectivity index (χ0v) is 18.0. The molecule has 162 valence electrons. The number of carbonyl (C=O) groups is 1. The van der Waals surface area contributed by atoms with Gasteiger partial charge in [0.25, 0.3) is 0 Å². The molecule has 0 radical (unpaired) electrons. The molecule has 1 aromatic rings. The Morgan fingerprint density at radius 3 is 2.77 bits per heavy atom. The number of carbonyl (C=O) groups excluding carboxylic acids is 1. The fourth-order valence-corrected chi connectivity index (χ4v) is 5.47. The van der Waals surface area contributed by atoms with Gasteiger partial charge < -0.3 is 14.8 Å². The third-order valence-electron chi connectivity index (χ3n) is 7.50. The first-order valence-electron chi connectivity index (χ1n) is 11.8. The average Bonchev–Trinajstić information content (AvgIpc) is 3.50. The maximum Gasteiger partial charge on any atom is 0.223 e. The number of fused-ring (bicyclic) bond motifs is 1. The monoisotopic (exact) mass is 410 g/mol. The van der Waals surface area contributed by atoms with Crippen molar-refractivity contribution in [3.63, 3.8) is 0 Å². The van der Waals surface area contributed by atoms with Crippen LogP contribution in [0.3, 0.4) is 0 Å². The molecule has 1 amide bonds. The van der Waals surface area contributed by atoms with Crippen molar-refractivity contribution in [2.75, 3.05) is 32.8 Å². The van der Waals surface area contributed by atoms with Crippen molar-refractivity contribution in [3.05, 3.63) is 35.4 Å². The van der Waals surface area contributed by atoms with Crippen LogP contribution in [-0.4, -0.2) is 43.7 Å². The molecule has 1 N–H and O–H groups in total. The number of amides is 1. The summed E-state index contributed by atoms with van der Waals surface area (Å²) < 4.78 is 11.3. The minimum atomic E-state index is 0.245. The van der Waals surface area contributed by atoms with E-state index in [0.717, 1.165) is 63.4 Å². The van der Waals surface area contributed by atoms with Crippen molar-refractivity contribution in [2.45, 2.75) is 57.9 Å². The van der Waals surface area contributed by atoms with Crippen molar-refractivity contribution in [2.24, 2.45) is 11.3 Å². The van der Waals surface area contributed by atoms with Gasteiger partial charge in [0.2, 0.25) is 5.91 Å². The first-order chi connectivity index (χ1) is 14.7. The number of piperidine rings is 1. The Balaban J connectivity index is 1.06. The van der Waals surface area contributed by atoms with Gasteiger partial charge in [-0.2, -0.15) is 0 Å². The quantitative estimate of drug-likeness (QED) is 0.719. The number of hydrogen-bond donors (Lipinski definition) is 1. The Labute approximate surface area is 179 Å². The van der Waals surface area contributed by atoms with Crippen LogP contribution >= 0.6 is 0 Å². The molecule has 5 rings (SSSR count). The molecular weight excluding hydrogens is 376 g/mol. The smallest absolute Gasteiger partial charge is 0.223 e. The highest BCUT2D eigenvalue weighted by Crippen LogP contribution is 2.59. The predicted octanol–water partition coefficient (Wildman–Crippen LogP) is 4.07. The largest absolute Gasteiger partial charge is 0.486 e. The first-order valence-corrected chi connectivity index (χ1v) is 11.8. The molecule has 1 spiro atoms. The van der Waals surface area contributed by atoms with Gasteiger partial charge in [0.15, 0.2) is 11.5 Å². The van der Waals surface area contributed by atoms with Gasteiger partial charge in [0.1, 0.15) is 13.2 Å². The third-order valence-corrected chi connectivity index (χ3v) is 7.50. The molecule has 1 unspecified atom stereocenters. The lowest BCUT2D eigenvalue weighted by molar-refractivity contribution is -0.123. The van der Waals surface area contributed by atoms with Gasteiger partial charge in [-0.1, -0.05) is 17.7 Å². The van der Waals surface area contributed by atoms with Crippen LogP contribution in [0.4, 0.5) is 0 Å². The molecule has 2 heterocycles. The molecule has 30 heavy (non-hydrogen) atoms. The number of nitrogens with one attached hydrogen (secondary N) is 1. The van der Waals surface area contributed by atoms with Crippen LogP contribution in [0.15, 0.2) is 29.8 Å². The van der Waals surface area contributed by atoms with E-state index in [2.05, 4.69) is 28.4 Å². The van der Waals surface area contributed by atoms with E-state index < -0.39 is 0 Å². The first kappa shape index (κ1) is 19.9. The fraction of sp³-hybridized carbons (Fsp3) is 0.640. The average molecular weight is 411 g/mol. The maximum absolute atomic E-state index is 12.7. The molecule has 1 atom stereocenters. The highest BCUT2D eigenvalue weighted by atomic mass is 16.6. The van der Waals surface area contributed by atoms with Crippen LogP contribution in [0.1, 0.15) is 56.9 Å². The van der Waals surface area contributed by atoms with E-state index in [-0.39, 0.29) is 11.3 Å². The predicted molar refractivity (Wildman–Crippen MR) is 117 cm³/mol. The van der Waals surface area contributed by atoms with Gasteiger partial charge in [-0.3, -0.25) is 9.69 Å². The maximum atomic E-state index is 12.7. The minimum absolute atomic E-state index is 0.245. The van der Waals surface area contributed by atoms with Gasteiger partial charge in [-0.25, -0.2) is 0 Å². The molecule has 2 aliphatic carbocycles. The van der Waals surface area contributed by atoms with Crippen LogP contribution < -0.4 is 14.8 Å². The number of likely N-dealkylation sites (tertiary alicyclic amines) is 1. The van der Waals surface area contributed by atoms with E-state index in [4.69, 9.17) is 9.47 Å². The molecule has 5 nitrogen and oxygen atoms in total. The summed E-state index contributed by atoms with van der Waals surface area (Å²) in [6.45, 7) is 5.17. The highest BCUT2D eigenvalue weighted by molar-refractivity contribution is 5.82. The molecule has 1 saturated carbocycles. The number of nitrogens with zero attached hydrogens (tertiary/aromatic N) is 1. The van der Waals surface area contributed by atoms with Crippen LogP contribution in [0.2, 0.25) is 0 Å². The van der Waals surface area contributed by atoms with Crippen molar-refractivity contribution in [1.82, 2.24) is 10.2 Å². The van der Waals surface area contributed by atoms with E-state index in [1.807, 2.05) is 6.07 Å².